The molecule has 0 unspecified atom stereocenters. The van der Waals surface area contributed by atoms with Gasteiger partial charge in [-0.05, 0) is 84.9 Å². The van der Waals surface area contributed by atoms with Gasteiger partial charge in [0.1, 0.15) is 0 Å². The van der Waals surface area contributed by atoms with Gasteiger partial charge in [0.15, 0.2) is 0 Å². The number of rotatable bonds is 4. The number of nitrogens with zero attached hydrogens (tertiary/aromatic N) is 4. The average molecular weight is 655 g/mol. The molecule has 8 nitrogen and oxygen atoms in total. The summed E-state index contributed by atoms with van der Waals surface area (Å²) in [6.45, 7) is 0. The number of hydrogen-bond acceptors (Lipinski definition) is 6. The zero-order valence-electron chi connectivity index (χ0n) is 27.8. The first-order chi connectivity index (χ1) is 24.0. The summed E-state index contributed by atoms with van der Waals surface area (Å²) in [6.07, 6.45) is 0. The van der Waals surface area contributed by atoms with Crippen molar-refractivity contribution < 1.29 is 9.85 Å². The summed E-state index contributed by atoms with van der Waals surface area (Å²) in [5.74, 6) is 25.6. The molecule has 0 N–H and O–H groups in total. The van der Waals surface area contributed by atoms with Crippen LogP contribution in [0.25, 0.3) is 0 Å². The molecule has 0 aliphatic heterocycles. The van der Waals surface area contributed by atoms with E-state index in [-0.39, 0.29) is 11.4 Å². The molecule has 8 heteroatoms. The minimum absolute atomic E-state index is 0.0190. The first-order valence-electron chi connectivity index (χ1n) is 15.4. The van der Waals surface area contributed by atoms with Crippen LogP contribution in [-0.4, -0.2) is 38.0 Å². The summed E-state index contributed by atoms with van der Waals surface area (Å²) in [4.78, 5) is 25.4. The number of non-ortho nitro benzene ring substituents is 2. The third kappa shape index (κ3) is 8.96. The summed E-state index contributed by atoms with van der Waals surface area (Å²) in [5.41, 5.74) is 7.33. The van der Waals surface area contributed by atoms with Crippen molar-refractivity contribution in [2.24, 2.45) is 0 Å². The average Bonchev–Trinajstić information content (AvgIpc) is 3.12. The zero-order valence-corrected chi connectivity index (χ0v) is 27.8. The van der Waals surface area contributed by atoms with Gasteiger partial charge < -0.3 is 9.80 Å². The topological polar surface area (TPSA) is 92.8 Å². The number of anilines is 2. The van der Waals surface area contributed by atoms with Crippen LogP contribution in [0.15, 0.2) is 109 Å². The van der Waals surface area contributed by atoms with E-state index < -0.39 is 9.85 Å². The van der Waals surface area contributed by atoms with Gasteiger partial charge in [-0.2, -0.15) is 0 Å². The van der Waals surface area contributed by atoms with Crippen LogP contribution < -0.4 is 9.80 Å². The molecule has 5 aromatic carbocycles. The monoisotopic (exact) mass is 654 g/mol. The fourth-order valence-corrected chi connectivity index (χ4v) is 4.59. The molecule has 0 radical (unpaired) electrons. The van der Waals surface area contributed by atoms with E-state index >= 15 is 0 Å². The summed E-state index contributed by atoms with van der Waals surface area (Å²) in [7, 11) is 7.89. The second-order valence-corrected chi connectivity index (χ2v) is 11.4. The molecule has 5 aromatic rings. The molecule has 0 fully saturated rings. The summed E-state index contributed by atoms with van der Waals surface area (Å²) in [6, 6.07) is 31.5. The summed E-state index contributed by atoms with van der Waals surface area (Å²) in [5, 5.41) is 22.3. The maximum absolute atomic E-state index is 11.1. The largest absolute Gasteiger partial charge is 0.378 e. The van der Waals surface area contributed by atoms with Crippen molar-refractivity contribution in [1.29, 1.82) is 0 Å². The number of hydrogen-bond donors (Lipinski definition) is 0. The van der Waals surface area contributed by atoms with Gasteiger partial charge in [0.2, 0.25) is 0 Å². The van der Waals surface area contributed by atoms with Crippen LogP contribution in [0.2, 0.25) is 0 Å². The highest BCUT2D eigenvalue weighted by atomic mass is 16.6. The van der Waals surface area contributed by atoms with Crippen molar-refractivity contribution in [3.8, 4) is 47.4 Å². The molecule has 0 aromatic heterocycles. The SMILES string of the molecule is CN(C)c1ccc(C#Cc2cc(C#Cc3ccc([N+](=O)[O-])cc3)c(C#Cc3ccc(N(C)C)cc3)cc2C#Cc2ccc([N+](=O)[O-])cc2)cc1. The van der Waals surface area contributed by atoms with E-state index in [4.69, 9.17) is 0 Å². The number of nitro benzene ring substituents is 2. The molecule has 0 saturated carbocycles. The van der Waals surface area contributed by atoms with E-state index in [0.717, 1.165) is 22.5 Å². The van der Waals surface area contributed by atoms with Gasteiger partial charge in [-0.3, -0.25) is 20.2 Å². The lowest BCUT2D eigenvalue weighted by atomic mass is 9.97. The smallest absolute Gasteiger partial charge is 0.269 e. The van der Waals surface area contributed by atoms with E-state index in [9.17, 15) is 20.2 Å². The third-order valence-electron chi connectivity index (χ3n) is 7.45. The van der Waals surface area contributed by atoms with Crippen molar-refractivity contribution in [1.82, 2.24) is 0 Å². The molecule has 0 spiro atoms. The Morgan fingerprint density at radius 3 is 0.860 bits per heavy atom. The van der Waals surface area contributed by atoms with E-state index in [0.29, 0.717) is 33.4 Å². The maximum atomic E-state index is 11.1. The lowest BCUT2D eigenvalue weighted by Gasteiger charge is -2.11. The quantitative estimate of drug-likeness (QED) is 0.115. The van der Waals surface area contributed by atoms with E-state index in [1.165, 1.54) is 24.3 Å². The summed E-state index contributed by atoms with van der Waals surface area (Å²) >= 11 is 0. The van der Waals surface area contributed by atoms with Crippen molar-refractivity contribution in [2.45, 2.75) is 0 Å². The highest BCUT2D eigenvalue weighted by Gasteiger charge is 2.08. The van der Waals surface area contributed by atoms with Crippen LogP contribution in [-0.2, 0) is 0 Å². The van der Waals surface area contributed by atoms with Gasteiger partial charge in [-0.1, -0.05) is 47.4 Å². The van der Waals surface area contributed by atoms with Gasteiger partial charge in [-0.15, -0.1) is 0 Å². The van der Waals surface area contributed by atoms with Crippen LogP contribution >= 0.6 is 0 Å². The molecular weight excluding hydrogens is 624 g/mol. The second kappa shape index (κ2) is 15.6. The van der Waals surface area contributed by atoms with Gasteiger partial charge >= 0.3 is 0 Å². The molecule has 50 heavy (non-hydrogen) atoms. The molecule has 0 saturated heterocycles. The van der Waals surface area contributed by atoms with E-state index in [2.05, 4.69) is 47.4 Å². The van der Waals surface area contributed by atoms with Crippen LogP contribution in [0, 0.1) is 67.6 Å². The minimum atomic E-state index is -0.453. The van der Waals surface area contributed by atoms with Crippen LogP contribution in [0.3, 0.4) is 0 Å². The molecular formula is C42H30N4O4. The highest BCUT2D eigenvalue weighted by molar-refractivity contribution is 5.65. The molecule has 0 aliphatic carbocycles. The molecule has 0 amide bonds. The Kier molecular flexibility index (Phi) is 10.6. The first kappa shape index (κ1) is 34.1. The van der Waals surface area contributed by atoms with Crippen molar-refractivity contribution >= 4 is 22.7 Å². The van der Waals surface area contributed by atoms with Gasteiger partial charge in [0.05, 0.1) is 9.85 Å². The fourth-order valence-electron chi connectivity index (χ4n) is 4.59. The lowest BCUT2D eigenvalue weighted by Crippen LogP contribution is -2.07. The predicted octanol–water partition coefficient (Wildman–Crippen LogP) is 7.23. The normalized spacial score (nSPS) is 9.68. The first-order valence-corrected chi connectivity index (χ1v) is 15.4. The number of nitro groups is 2. The second-order valence-electron chi connectivity index (χ2n) is 11.4. The maximum Gasteiger partial charge on any atom is 0.269 e. The van der Waals surface area contributed by atoms with Gasteiger partial charge in [-0.25, -0.2) is 0 Å². The van der Waals surface area contributed by atoms with Crippen molar-refractivity contribution in [2.75, 3.05) is 38.0 Å². The molecule has 242 valence electrons. The zero-order chi connectivity index (χ0) is 35.6. The Morgan fingerprint density at radius 2 is 0.640 bits per heavy atom. The minimum Gasteiger partial charge on any atom is -0.378 e. The Balaban J connectivity index is 1.65. The van der Waals surface area contributed by atoms with Crippen LogP contribution in [0.5, 0.6) is 0 Å². The van der Waals surface area contributed by atoms with Crippen LogP contribution in [0.4, 0.5) is 22.7 Å². The molecule has 5 rings (SSSR count). The Hall–Kier alpha value is -7.26. The van der Waals surface area contributed by atoms with Crippen molar-refractivity contribution in [3.05, 3.63) is 174 Å². The lowest BCUT2D eigenvalue weighted by molar-refractivity contribution is -0.385. The number of benzene rings is 5. The van der Waals surface area contributed by atoms with Crippen LogP contribution in [0.1, 0.15) is 44.5 Å². The van der Waals surface area contributed by atoms with Gasteiger partial charge in [0.25, 0.3) is 11.4 Å². The van der Waals surface area contributed by atoms with E-state index in [1.807, 2.05) is 98.7 Å². The Morgan fingerprint density at radius 1 is 0.400 bits per heavy atom. The predicted molar refractivity (Wildman–Crippen MR) is 198 cm³/mol. The molecule has 0 atom stereocenters. The van der Waals surface area contributed by atoms with E-state index in [1.54, 1.807) is 24.3 Å². The highest BCUT2D eigenvalue weighted by Crippen LogP contribution is 2.19. The summed E-state index contributed by atoms with van der Waals surface area (Å²) < 4.78 is 0. The molecule has 0 bridgehead atoms. The fraction of sp³-hybridized carbons (Fsp3) is 0.0952. The molecule has 0 aliphatic rings. The Bertz CT molecular complexity index is 2150. The Labute approximate surface area is 291 Å². The third-order valence-corrected chi connectivity index (χ3v) is 7.45. The standard InChI is InChI=1S/C42H30N4O4/c1-43(2)39-21-9-31(10-22-39)5-17-35-29-38(20-8-34-15-27-42(28-16-34)46(49)50)36(18-6-32-11-23-40(24-12-32)44(3)4)30-37(35)19-7-33-13-25-41(26-14-33)45(47)48/h9-16,21-30H,1-4H3. The molecule has 0 heterocycles. The van der Waals surface area contributed by atoms with Crippen molar-refractivity contribution in [3.63, 3.8) is 0 Å². The van der Waals surface area contributed by atoms with Gasteiger partial charge in [0, 0.05) is 108 Å².